The molecule has 21 heavy (non-hydrogen) atoms. The third kappa shape index (κ3) is 3.46. The molecule has 0 saturated carbocycles. The average Bonchev–Trinajstić information content (AvgIpc) is 2.40. The normalized spacial score (nSPS) is 10.8. The molecule has 2 rings (SSSR count). The lowest BCUT2D eigenvalue weighted by Crippen LogP contribution is -2.08. The second-order valence-corrected chi connectivity index (χ2v) is 6.12. The zero-order chi connectivity index (χ0) is 15.7. The van der Waals surface area contributed by atoms with E-state index in [9.17, 15) is 9.18 Å². The summed E-state index contributed by atoms with van der Waals surface area (Å²) in [5.74, 6) is -1.08. The molecule has 0 bridgehead atoms. The summed E-state index contributed by atoms with van der Waals surface area (Å²) in [4.78, 5) is 12.3. The number of carbonyl (C=O) groups is 1. The number of benzene rings is 2. The van der Waals surface area contributed by atoms with Gasteiger partial charge in [0.1, 0.15) is 5.82 Å². The summed E-state index contributed by atoms with van der Waals surface area (Å²) in [5, 5.41) is 0.284. The molecule has 1 nitrogen and oxygen atoms in total. The summed E-state index contributed by atoms with van der Waals surface area (Å²) < 4.78 is 13.7. The van der Waals surface area contributed by atoms with Gasteiger partial charge in [-0.2, -0.15) is 0 Å². The Hall–Kier alpha value is -0.510. The van der Waals surface area contributed by atoms with E-state index in [2.05, 4.69) is 0 Å². The summed E-state index contributed by atoms with van der Waals surface area (Å²) in [6.45, 7) is 0. The zero-order valence-electron chi connectivity index (χ0n) is 10.2. The summed E-state index contributed by atoms with van der Waals surface area (Å²) in [5.41, 5.74) is 0.0643. The second kappa shape index (κ2) is 6.72. The Balaban J connectivity index is 2.45. The maximum atomic E-state index is 13.7. The molecule has 0 aliphatic heterocycles. The molecule has 0 heterocycles. The molecule has 110 valence electrons. The van der Waals surface area contributed by atoms with Gasteiger partial charge in [-0.25, -0.2) is 4.39 Å². The minimum atomic E-state index is -0.580. The predicted molar refractivity (Wildman–Crippen MR) is 85.9 cm³/mol. The number of hydrogen-bond acceptors (Lipinski definition) is 1. The molecule has 0 aliphatic rings. The van der Waals surface area contributed by atoms with E-state index in [0.717, 1.165) is 0 Å². The highest BCUT2D eigenvalue weighted by Gasteiger charge is 2.22. The maximum absolute atomic E-state index is 13.7. The van der Waals surface area contributed by atoms with E-state index in [0.29, 0.717) is 0 Å². The molecule has 0 saturated heterocycles. The summed E-state index contributed by atoms with van der Waals surface area (Å²) in [6, 6.07) is 5.47. The smallest absolute Gasteiger partial charge is 0.170 e. The van der Waals surface area contributed by atoms with E-state index in [1.807, 2.05) is 0 Å². The topological polar surface area (TPSA) is 17.1 Å². The van der Waals surface area contributed by atoms with Crippen LogP contribution < -0.4 is 0 Å². The Morgan fingerprint density at radius 3 is 2.24 bits per heavy atom. The highest BCUT2D eigenvalue weighted by atomic mass is 35.5. The monoisotopic (exact) mass is 384 g/mol. The summed E-state index contributed by atoms with van der Waals surface area (Å²) in [7, 11) is 0. The van der Waals surface area contributed by atoms with Gasteiger partial charge in [-0.3, -0.25) is 4.79 Å². The fourth-order valence-electron chi connectivity index (χ4n) is 1.77. The van der Waals surface area contributed by atoms with Crippen molar-refractivity contribution in [2.75, 3.05) is 0 Å². The number of Topliss-reactive ketones (excluding diaryl/α,β-unsaturated/α-hetero) is 1. The van der Waals surface area contributed by atoms with Gasteiger partial charge in [0.2, 0.25) is 0 Å². The summed E-state index contributed by atoms with van der Waals surface area (Å²) >= 11 is 29.6. The standard InChI is InChI=1S/C14H6Cl5FO/c15-7-2-1-3-10(20)6(7)4-11(21)12-8(16)5-9(17)13(18)14(12)19/h1-3,5H,4H2. The third-order valence-electron chi connectivity index (χ3n) is 2.79. The number of halogens is 6. The molecule has 0 spiro atoms. The van der Waals surface area contributed by atoms with E-state index in [1.54, 1.807) is 0 Å². The summed E-state index contributed by atoms with van der Waals surface area (Å²) in [6.07, 6.45) is -0.289. The largest absolute Gasteiger partial charge is 0.294 e. The van der Waals surface area contributed by atoms with Gasteiger partial charge >= 0.3 is 0 Å². The Bertz CT molecular complexity index is 710. The van der Waals surface area contributed by atoms with E-state index in [4.69, 9.17) is 58.0 Å². The van der Waals surface area contributed by atoms with Crippen molar-refractivity contribution in [2.45, 2.75) is 6.42 Å². The van der Waals surface area contributed by atoms with E-state index in [-0.39, 0.29) is 42.7 Å². The van der Waals surface area contributed by atoms with Crippen LogP contribution in [-0.4, -0.2) is 5.78 Å². The molecule has 7 heteroatoms. The lowest BCUT2D eigenvalue weighted by Gasteiger charge is -2.10. The van der Waals surface area contributed by atoms with Crippen molar-refractivity contribution >= 4 is 63.8 Å². The SMILES string of the molecule is O=C(Cc1c(F)cccc1Cl)c1c(Cl)cc(Cl)c(Cl)c1Cl. The predicted octanol–water partition coefficient (Wildman–Crippen LogP) is 6.52. The van der Waals surface area contributed by atoms with Gasteiger partial charge in [-0.1, -0.05) is 64.1 Å². The van der Waals surface area contributed by atoms with Crippen LogP contribution in [0.2, 0.25) is 25.1 Å². The van der Waals surface area contributed by atoms with Gasteiger partial charge in [-0.15, -0.1) is 0 Å². The van der Waals surface area contributed by atoms with Gasteiger partial charge in [0.25, 0.3) is 0 Å². The highest BCUT2D eigenvalue weighted by molar-refractivity contribution is 6.51. The maximum Gasteiger partial charge on any atom is 0.170 e. The first-order chi connectivity index (χ1) is 9.82. The fraction of sp³-hybridized carbons (Fsp3) is 0.0714. The Morgan fingerprint density at radius 1 is 0.952 bits per heavy atom. The molecule has 0 radical (unpaired) electrons. The van der Waals surface area contributed by atoms with Gasteiger partial charge < -0.3 is 0 Å². The Labute approximate surface area is 145 Å². The number of rotatable bonds is 3. The average molecular weight is 386 g/mol. The van der Waals surface area contributed by atoms with Crippen LogP contribution in [0.3, 0.4) is 0 Å². The molecular weight excluding hydrogens is 380 g/mol. The van der Waals surface area contributed by atoms with Crippen molar-refractivity contribution in [3.63, 3.8) is 0 Å². The third-order valence-corrected chi connectivity index (χ3v) is 4.71. The van der Waals surface area contributed by atoms with Crippen LogP contribution in [0.4, 0.5) is 4.39 Å². The minimum Gasteiger partial charge on any atom is -0.294 e. The fourth-order valence-corrected chi connectivity index (χ4v) is 3.13. The van der Waals surface area contributed by atoms with Gasteiger partial charge in [0.05, 0.1) is 25.7 Å². The first kappa shape index (κ1) is 16.9. The van der Waals surface area contributed by atoms with Crippen LogP contribution in [0, 0.1) is 5.82 Å². The first-order valence-corrected chi connectivity index (χ1v) is 7.51. The minimum absolute atomic E-state index is 0.00736. The van der Waals surface area contributed by atoms with Crippen LogP contribution in [0.15, 0.2) is 24.3 Å². The van der Waals surface area contributed by atoms with Crippen molar-refractivity contribution in [3.05, 3.63) is 66.3 Å². The van der Waals surface area contributed by atoms with E-state index in [1.165, 1.54) is 24.3 Å². The van der Waals surface area contributed by atoms with Gasteiger partial charge in [-0.05, 0) is 18.2 Å². The lowest BCUT2D eigenvalue weighted by atomic mass is 10.0. The number of hydrogen-bond donors (Lipinski definition) is 0. The molecule has 2 aromatic carbocycles. The van der Waals surface area contributed by atoms with Crippen LogP contribution >= 0.6 is 58.0 Å². The number of carbonyl (C=O) groups excluding carboxylic acids is 1. The molecule has 0 amide bonds. The molecule has 0 N–H and O–H groups in total. The van der Waals surface area contributed by atoms with Crippen molar-refractivity contribution in [2.24, 2.45) is 0 Å². The van der Waals surface area contributed by atoms with Crippen molar-refractivity contribution < 1.29 is 9.18 Å². The van der Waals surface area contributed by atoms with Crippen LogP contribution in [0.5, 0.6) is 0 Å². The zero-order valence-corrected chi connectivity index (χ0v) is 14.0. The molecule has 0 aliphatic carbocycles. The van der Waals surface area contributed by atoms with Crippen LogP contribution in [0.25, 0.3) is 0 Å². The molecule has 0 atom stereocenters. The Morgan fingerprint density at radius 2 is 1.62 bits per heavy atom. The highest BCUT2D eigenvalue weighted by Crippen LogP contribution is 2.38. The van der Waals surface area contributed by atoms with Gasteiger partial charge in [0, 0.05) is 17.0 Å². The van der Waals surface area contributed by atoms with Crippen molar-refractivity contribution in [1.29, 1.82) is 0 Å². The molecular formula is C14H6Cl5FO. The van der Waals surface area contributed by atoms with Gasteiger partial charge in [0.15, 0.2) is 5.78 Å². The number of ketones is 1. The molecule has 0 unspecified atom stereocenters. The Kier molecular flexibility index (Phi) is 5.39. The van der Waals surface area contributed by atoms with E-state index >= 15 is 0 Å². The quantitative estimate of drug-likeness (QED) is 0.333. The molecule has 0 aromatic heterocycles. The first-order valence-electron chi connectivity index (χ1n) is 5.62. The van der Waals surface area contributed by atoms with E-state index < -0.39 is 11.6 Å². The van der Waals surface area contributed by atoms with Crippen molar-refractivity contribution in [1.82, 2.24) is 0 Å². The van der Waals surface area contributed by atoms with Crippen molar-refractivity contribution in [3.8, 4) is 0 Å². The lowest BCUT2D eigenvalue weighted by molar-refractivity contribution is 0.0992. The molecule has 0 fully saturated rings. The van der Waals surface area contributed by atoms with Crippen LogP contribution in [0.1, 0.15) is 15.9 Å². The molecule has 2 aromatic rings. The second-order valence-electron chi connectivity index (χ2n) is 4.14. The van der Waals surface area contributed by atoms with Crippen LogP contribution in [-0.2, 0) is 6.42 Å².